The van der Waals surface area contributed by atoms with Crippen LogP contribution < -0.4 is 5.11 Å². The molecule has 17 heavy (non-hydrogen) atoms. The number of halogens is 2. The third kappa shape index (κ3) is 2.60. The second kappa shape index (κ2) is 4.78. The highest BCUT2D eigenvalue weighted by atomic mass is 35.5. The first-order chi connectivity index (χ1) is 8.08. The summed E-state index contributed by atoms with van der Waals surface area (Å²) in [6, 6.07) is 11.4. The van der Waals surface area contributed by atoms with Gasteiger partial charge in [0.2, 0.25) is 0 Å². The van der Waals surface area contributed by atoms with E-state index < -0.39 is 5.97 Å². The van der Waals surface area contributed by atoms with E-state index >= 15 is 0 Å². The van der Waals surface area contributed by atoms with Crippen LogP contribution in [0.2, 0.25) is 10.0 Å². The van der Waals surface area contributed by atoms with Gasteiger partial charge in [0, 0.05) is 15.6 Å². The number of carbonyl (C=O) groups is 1. The molecule has 0 N–H and O–H groups in total. The second-order valence-corrected chi connectivity index (χ2v) is 4.33. The van der Waals surface area contributed by atoms with E-state index in [1.165, 1.54) is 12.1 Å². The third-order valence-electron chi connectivity index (χ3n) is 2.36. The average Bonchev–Trinajstić information content (AvgIpc) is 2.32. The van der Waals surface area contributed by atoms with Crippen LogP contribution in [0.4, 0.5) is 0 Å². The van der Waals surface area contributed by atoms with Crippen molar-refractivity contribution in [3.05, 3.63) is 58.1 Å². The van der Waals surface area contributed by atoms with Gasteiger partial charge in [-0.15, -0.1) is 0 Å². The molecule has 2 rings (SSSR count). The molecule has 0 spiro atoms. The molecule has 0 fully saturated rings. The Kier molecular flexibility index (Phi) is 3.36. The fraction of sp³-hybridized carbons (Fsp3) is 0. The number of rotatable bonds is 2. The van der Waals surface area contributed by atoms with Gasteiger partial charge in [0.1, 0.15) is 0 Å². The van der Waals surface area contributed by atoms with Crippen LogP contribution in [0.3, 0.4) is 0 Å². The Hall–Kier alpha value is -1.51. The summed E-state index contributed by atoms with van der Waals surface area (Å²) in [4.78, 5) is 10.6. The van der Waals surface area contributed by atoms with Crippen LogP contribution in [0, 0.1) is 0 Å². The molecular weight excluding hydrogens is 259 g/mol. The molecule has 86 valence electrons. The van der Waals surface area contributed by atoms with Gasteiger partial charge in [0.05, 0.1) is 5.97 Å². The summed E-state index contributed by atoms with van der Waals surface area (Å²) in [5, 5.41) is 11.8. The van der Waals surface area contributed by atoms with E-state index in [2.05, 4.69) is 0 Å². The minimum absolute atomic E-state index is 0.131. The van der Waals surface area contributed by atoms with Gasteiger partial charge in [-0.1, -0.05) is 47.5 Å². The Morgan fingerprint density at radius 3 is 2.24 bits per heavy atom. The molecule has 0 aromatic heterocycles. The summed E-state index contributed by atoms with van der Waals surface area (Å²) in [5.41, 5.74) is 1.71. The zero-order valence-electron chi connectivity index (χ0n) is 8.61. The molecule has 0 amide bonds. The molecular formula is C13H7Cl2O2-. The molecule has 0 saturated heterocycles. The Bertz CT molecular complexity index is 562. The number of carboxylic acid groups (broad SMARTS) is 1. The summed E-state index contributed by atoms with van der Waals surface area (Å²) in [5.74, 6) is -1.20. The lowest BCUT2D eigenvalue weighted by Gasteiger charge is -2.07. The highest BCUT2D eigenvalue weighted by molar-refractivity contribution is 6.35. The number of carboxylic acids is 1. The number of carbonyl (C=O) groups excluding carboxylic acids is 1. The van der Waals surface area contributed by atoms with Crippen molar-refractivity contribution in [3.63, 3.8) is 0 Å². The first-order valence-electron chi connectivity index (χ1n) is 4.85. The van der Waals surface area contributed by atoms with E-state index in [1.807, 2.05) is 0 Å². The molecule has 2 aromatic carbocycles. The highest BCUT2D eigenvalue weighted by Gasteiger charge is 2.04. The molecule has 0 saturated carbocycles. The van der Waals surface area contributed by atoms with Crippen LogP contribution in [0.1, 0.15) is 10.4 Å². The Balaban J connectivity index is 2.46. The maximum absolute atomic E-state index is 10.6. The summed E-state index contributed by atoms with van der Waals surface area (Å²) < 4.78 is 0. The minimum Gasteiger partial charge on any atom is -0.545 e. The van der Waals surface area contributed by atoms with Crippen LogP contribution in [0.25, 0.3) is 11.1 Å². The van der Waals surface area contributed by atoms with Gasteiger partial charge >= 0.3 is 0 Å². The van der Waals surface area contributed by atoms with Crippen molar-refractivity contribution in [3.8, 4) is 11.1 Å². The maximum atomic E-state index is 10.6. The Morgan fingerprint density at radius 1 is 1.00 bits per heavy atom. The van der Waals surface area contributed by atoms with Gasteiger partial charge in [-0.25, -0.2) is 0 Å². The zero-order chi connectivity index (χ0) is 12.4. The molecule has 0 heterocycles. The maximum Gasteiger partial charge on any atom is 0.0715 e. The van der Waals surface area contributed by atoms with Crippen molar-refractivity contribution in [2.75, 3.05) is 0 Å². The van der Waals surface area contributed by atoms with E-state index in [1.54, 1.807) is 30.3 Å². The predicted molar refractivity (Wildman–Crippen MR) is 66.2 cm³/mol. The number of hydrogen-bond acceptors (Lipinski definition) is 2. The van der Waals surface area contributed by atoms with Crippen molar-refractivity contribution < 1.29 is 9.90 Å². The van der Waals surface area contributed by atoms with Gasteiger partial charge < -0.3 is 9.90 Å². The van der Waals surface area contributed by atoms with Crippen LogP contribution in [-0.4, -0.2) is 5.97 Å². The van der Waals surface area contributed by atoms with E-state index in [4.69, 9.17) is 23.2 Å². The van der Waals surface area contributed by atoms with Crippen LogP contribution >= 0.6 is 23.2 Å². The van der Waals surface area contributed by atoms with Crippen molar-refractivity contribution in [2.24, 2.45) is 0 Å². The highest BCUT2D eigenvalue weighted by Crippen LogP contribution is 2.30. The molecule has 2 nitrogen and oxygen atoms in total. The van der Waals surface area contributed by atoms with Crippen LogP contribution in [0.15, 0.2) is 42.5 Å². The molecule has 4 heteroatoms. The van der Waals surface area contributed by atoms with E-state index in [-0.39, 0.29) is 5.56 Å². The van der Waals surface area contributed by atoms with Gasteiger partial charge in [-0.05, 0) is 29.3 Å². The van der Waals surface area contributed by atoms with Gasteiger partial charge in [-0.3, -0.25) is 0 Å². The van der Waals surface area contributed by atoms with Crippen LogP contribution in [0.5, 0.6) is 0 Å². The fourth-order valence-electron chi connectivity index (χ4n) is 1.50. The standard InChI is InChI=1S/C13H8Cl2O2/c14-10-5-6-12(15)11(7-10)8-1-3-9(4-2-8)13(16)17/h1-7H,(H,16,17)/p-1. The Morgan fingerprint density at radius 2 is 1.65 bits per heavy atom. The Labute approximate surface area is 108 Å². The van der Waals surface area contributed by atoms with Gasteiger partial charge in [0.25, 0.3) is 0 Å². The first kappa shape index (κ1) is 12.0. The quantitative estimate of drug-likeness (QED) is 0.838. The molecule has 0 bridgehead atoms. The SMILES string of the molecule is O=C([O-])c1ccc(-c2cc(Cl)ccc2Cl)cc1. The predicted octanol–water partition coefficient (Wildman–Crippen LogP) is 3.02. The van der Waals surface area contributed by atoms with E-state index in [9.17, 15) is 9.90 Å². The molecule has 0 aliphatic heterocycles. The lowest BCUT2D eigenvalue weighted by Crippen LogP contribution is -2.21. The van der Waals surface area contributed by atoms with Gasteiger partial charge in [-0.2, -0.15) is 0 Å². The van der Waals surface area contributed by atoms with Crippen molar-refractivity contribution >= 4 is 29.2 Å². The lowest BCUT2D eigenvalue weighted by molar-refractivity contribution is -0.255. The smallest absolute Gasteiger partial charge is 0.0715 e. The first-order valence-corrected chi connectivity index (χ1v) is 5.60. The average molecular weight is 266 g/mol. The molecule has 0 aliphatic rings. The third-order valence-corrected chi connectivity index (χ3v) is 2.92. The number of aromatic carboxylic acids is 1. The molecule has 0 aliphatic carbocycles. The second-order valence-electron chi connectivity index (χ2n) is 3.49. The van der Waals surface area contributed by atoms with Crippen molar-refractivity contribution in [2.45, 2.75) is 0 Å². The monoisotopic (exact) mass is 265 g/mol. The molecule has 0 radical (unpaired) electrons. The largest absolute Gasteiger partial charge is 0.545 e. The number of hydrogen-bond donors (Lipinski definition) is 0. The molecule has 0 unspecified atom stereocenters. The van der Waals surface area contributed by atoms with Gasteiger partial charge in [0.15, 0.2) is 0 Å². The summed E-state index contributed by atoms with van der Waals surface area (Å²) >= 11 is 11.9. The summed E-state index contributed by atoms with van der Waals surface area (Å²) in [7, 11) is 0. The zero-order valence-corrected chi connectivity index (χ0v) is 10.1. The summed E-state index contributed by atoms with van der Waals surface area (Å²) in [6.07, 6.45) is 0. The molecule has 2 aromatic rings. The van der Waals surface area contributed by atoms with E-state index in [0.717, 1.165) is 11.1 Å². The number of benzene rings is 2. The minimum atomic E-state index is -1.20. The summed E-state index contributed by atoms with van der Waals surface area (Å²) in [6.45, 7) is 0. The van der Waals surface area contributed by atoms with Crippen molar-refractivity contribution in [1.82, 2.24) is 0 Å². The topological polar surface area (TPSA) is 40.1 Å². The van der Waals surface area contributed by atoms with E-state index in [0.29, 0.717) is 10.0 Å². The lowest BCUT2D eigenvalue weighted by atomic mass is 10.0. The van der Waals surface area contributed by atoms with Crippen LogP contribution in [-0.2, 0) is 0 Å². The normalized spacial score (nSPS) is 10.2. The molecule has 0 atom stereocenters. The van der Waals surface area contributed by atoms with Crippen molar-refractivity contribution in [1.29, 1.82) is 0 Å². The fourth-order valence-corrected chi connectivity index (χ4v) is 1.90.